The van der Waals surface area contributed by atoms with Gasteiger partial charge in [0.1, 0.15) is 11.1 Å². The Morgan fingerprint density at radius 3 is 2.26 bits per heavy atom. The molecule has 0 radical (unpaired) electrons. The normalized spacial score (nSPS) is 15.6. The van der Waals surface area contributed by atoms with Gasteiger partial charge in [0.25, 0.3) is 5.69 Å². The van der Waals surface area contributed by atoms with E-state index in [4.69, 9.17) is 4.42 Å². The molecule has 214 valence electrons. The molecule has 0 bridgehead atoms. The molecule has 6 nitrogen and oxygen atoms in total. The van der Waals surface area contributed by atoms with E-state index in [1.807, 2.05) is 48.5 Å². The lowest BCUT2D eigenvalue weighted by Crippen LogP contribution is -2.33. The van der Waals surface area contributed by atoms with Crippen molar-refractivity contribution in [2.45, 2.75) is 5.41 Å². The van der Waals surface area contributed by atoms with Crippen molar-refractivity contribution in [3.05, 3.63) is 165 Å². The monoisotopic (exact) mass is 591 g/mol. The first-order valence-electron chi connectivity index (χ1n) is 15.1. The van der Waals surface area contributed by atoms with Gasteiger partial charge in [0.15, 0.2) is 5.58 Å². The quantitative estimate of drug-likeness (QED) is 0.148. The highest BCUT2D eigenvalue weighted by molar-refractivity contribution is 6.18. The third-order valence-electron chi connectivity index (χ3n) is 9.93. The van der Waals surface area contributed by atoms with Gasteiger partial charge in [-0.1, -0.05) is 72.8 Å². The topological polar surface area (TPSA) is 85.0 Å². The van der Waals surface area contributed by atoms with Gasteiger partial charge in [0.05, 0.1) is 33.2 Å². The highest BCUT2D eigenvalue weighted by Crippen LogP contribution is 2.62. The number of fused-ring (bicyclic) bond motifs is 14. The second-order valence-corrected chi connectivity index (χ2v) is 12.0. The summed E-state index contributed by atoms with van der Waals surface area (Å²) in [6.07, 6.45) is 0. The van der Waals surface area contributed by atoms with Crippen LogP contribution in [0.5, 0.6) is 0 Å². The predicted molar refractivity (Wildman–Crippen MR) is 178 cm³/mol. The number of nitriles is 1. The van der Waals surface area contributed by atoms with Gasteiger partial charge in [-0.15, -0.1) is 0 Å². The summed E-state index contributed by atoms with van der Waals surface area (Å²) in [7, 11) is 0. The van der Waals surface area contributed by atoms with E-state index in [-0.39, 0.29) is 10.6 Å². The Morgan fingerprint density at radius 2 is 1.41 bits per heavy atom. The smallest absolute Gasteiger partial charge is 0.271 e. The zero-order valence-electron chi connectivity index (χ0n) is 24.2. The van der Waals surface area contributed by atoms with Crippen LogP contribution >= 0.6 is 0 Å². The number of aromatic nitrogens is 1. The molecular formula is C40H21N3O3. The number of furan rings is 1. The Bertz CT molecular complexity index is 2690. The van der Waals surface area contributed by atoms with Crippen molar-refractivity contribution >= 4 is 38.7 Å². The molecule has 8 aromatic rings. The minimum Gasteiger partial charge on any atom is -0.454 e. The van der Waals surface area contributed by atoms with Crippen molar-refractivity contribution in [3.63, 3.8) is 0 Å². The molecular weight excluding hydrogens is 570 g/mol. The van der Waals surface area contributed by atoms with Crippen molar-refractivity contribution < 1.29 is 9.34 Å². The first kappa shape index (κ1) is 24.9. The number of non-ortho nitro benzene ring substituents is 1. The van der Waals surface area contributed by atoms with Crippen molar-refractivity contribution in [2.24, 2.45) is 0 Å². The van der Waals surface area contributed by atoms with Crippen LogP contribution in [0.2, 0.25) is 0 Å². The molecule has 0 fully saturated rings. The van der Waals surface area contributed by atoms with Gasteiger partial charge in [-0.25, -0.2) is 0 Å². The lowest BCUT2D eigenvalue weighted by Gasteiger charge is -2.39. The molecule has 0 N–H and O–H groups in total. The van der Waals surface area contributed by atoms with Crippen molar-refractivity contribution in [1.82, 2.24) is 4.57 Å². The minimum atomic E-state index is -0.750. The van der Waals surface area contributed by atoms with Gasteiger partial charge < -0.3 is 8.98 Å². The first-order chi connectivity index (χ1) is 22.6. The summed E-state index contributed by atoms with van der Waals surface area (Å²) in [4.78, 5) is 11.9. The van der Waals surface area contributed by atoms with Crippen LogP contribution in [0.1, 0.15) is 27.8 Å². The molecule has 0 saturated heterocycles. The fourth-order valence-corrected chi connectivity index (χ4v) is 8.12. The fraction of sp³-hybridized carbons (Fsp3) is 0.0250. The molecule has 1 aliphatic heterocycles. The van der Waals surface area contributed by atoms with Crippen LogP contribution in [0, 0.1) is 21.4 Å². The highest BCUT2D eigenvalue weighted by Gasteiger charge is 2.51. The third kappa shape index (κ3) is 2.90. The Balaban J connectivity index is 1.40. The number of hydrogen-bond donors (Lipinski definition) is 0. The average molecular weight is 592 g/mol. The number of nitro groups is 1. The lowest BCUT2D eigenvalue weighted by atomic mass is 9.65. The van der Waals surface area contributed by atoms with Gasteiger partial charge in [-0.05, 0) is 87.0 Å². The summed E-state index contributed by atoms with van der Waals surface area (Å²) in [6.45, 7) is 0. The number of para-hydroxylation sites is 2. The number of nitrogens with zero attached hydrogens (tertiary/aromatic N) is 3. The number of hydrogen-bond acceptors (Lipinski definition) is 4. The van der Waals surface area contributed by atoms with Gasteiger partial charge in [-0.2, -0.15) is 5.26 Å². The van der Waals surface area contributed by atoms with Crippen LogP contribution < -0.4 is 0 Å². The zero-order chi connectivity index (χ0) is 30.7. The van der Waals surface area contributed by atoms with Crippen LogP contribution in [0.4, 0.5) is 5.69 Å². The Morgan fingerprint density at radius 1 is 0.674 bits per heavy atom. The molecule has 1 atom stereocenters. The lowest BCUT2D eigenvalue weighted by molar-refractivity contribution is -0.384. The summed E-state index contributed by atoms with van der Waals surface area (Å²) in [6, 6.07) is 44.6. The molecule has 10 rings (SSSR count). The van der Waals surface area contributed by atoms with Gasteiger partial charge in [-0.3, -0.25) is 10.1 Å². The van der Waals surface area contributed by atoms with Gasteiger partial charge in [0, 0.05) is 22.9 Å². The van der Waals surface area contributed by atoms with Crippen LogP contribution in [0.3, 0.4) is 0 Å². The molecule has 1 unspecified atom stereocenters. The maximum atomic E-state index is 12.3. The molecule has 46 heavy (non-hydrogen) atoms. The summed E-state index contributed by atoms with van der Waals surface area (Å²) < 4.78 is 8.72. The molecule has 0 amide bonds. The maximum absolute atomic E-state index is 12.3. The SMILES string of the molecule is N#Cc1ccc(-c2ccc3c(c2)C2(c4ccccc4-3)c3ccc([N+](=O)[O-])cc3-n3c4c2cccc4c2oc4ccccc4c23)cc1. The largest absolute Gasteiger partial charge is 0.454 e. The van der Waals surface area contributed by atoms with E-state index in [1.165, 1.54) is 0 Å². The second-order valence-electron chi connectivity index (χ2n) is 12.0. The van der Waals surface area contributed by atoms with E-state index in [0.717, 1.165) is 83.2 Å². The summed E-state index contributed by atoms with van der Waals surface area (Å²) in [5.74, 6) is 0. The third-order valence-corrected chi connectivity index (χ3v) is 9.93. The Kier molecular flexibility index (Phi) is 4.66. The van der Waals surface area contributed by atoms with Crippen LogP contribution in [-0.4, -0.2) is 9.49 Å². The zero-order valence-corrected chi connectivity index (χ0v) is 24.2. The molecule has 1 aliphatic carbocycles. The average Bonchev–Trinajstić information content (AvgIpc) is 3.73. The van der Waals surface area contributed by atoms with E-state index in [1.54, 1.807) is 12.1 Å². The second kappa shape index (κ2) is 8.59. The van der Waals surface area contributed by atoms with Gasteiger partial charge >= 0.3 is 0 Å². The predicted octanol–water partition coefficient (Wildman–Crippen LogP) is 9.65. The molecule has 6 aromatic carbocycles. The standard InChI is InChI=1S/C40H21N3O3/c41-22-23-12-14-24(15-13-23)25-16-18-28-27-6-1-3-9-31(27)40(34(28)20-25)32-19-17-26(43(44)45)21-35(32)42-37-30(8-5-10-33(37)40)39-38(42)29-7-2-4-11-36(29)46-39/h1-21H. The summed E-state index contributed by atoms with van der Waals surface area (Å²) in [5.41, 5.74) is 12.8. The highest BCUT2D eigenvalue weighted by atomic mass is 16.6. The molecule has 2 aromatic heterocycles. The molecule has 3 heterocycles. The van der Waals surface area contributed by atoms with E-state index < -0.39 is 5.41 Å². The molecule has 0 saturated carbocycles. The fourth-order valence-electron chi connectivity index (χ4n) is 8.12. The van der Waals surface area contributed by atoms with Crippen molar-refractivity contribution in [1.29, 1.82) is 5.26 Å². The Hall–Kier alpha value is -6.45. The van der Waals surface area contributed by atoms with Crippen molar-refractivity contribution in [3.8, 4) is 34.0 Å². The molecule has 6 heteroatoms. The van der Waals surface area contributed by atoms with E-state index in [9.17, 15) is 15.4 Å². The van der Waals surface area contributed by atoms with Crippen LogP contribution in [0.15, 0.2) is 132 Å². The van der Waals surface area contributed by atoms with E-state index >= 15 is 0 Å². The summed E-state index contributed by atoms with van der Waals surface area (Å²) >= 11 is 0. The minimum absolute atomic E-state index is 0.0360. The van der Waals surface area contributed by atoms with Crippen molar-refractivity contribution in [2.75, 3.05) is 0 Å². The number of nitro benzene ring substituents is 1. The first-order valence-corrected chi connectivity index (χ1v) is 15.1. The van der Waals surface area contributed by atoms with Crippen LogP contribution in [0.25, 0.3) is 60.9 Å². The number of rotatable bonds is 2. The molecule has 2 aliphatic rings. The number of benzene rings is 6. The summed E-state index contributed by atoms with van der Waals surface area (Å²) in [5, 5.41) is 23.6. The van der Waals surface area contributed by atoms with E-state index in [2.05, 4.69) is 77.4 Å². The molecule has 1 spiro atoms. The Labute approximate surface area is 262 Å². The maximum Gasteiger partial charge on any atom is 0.271 e. The van der Waals surface area contributed by atoms with Gasteiger partial charge in [0.2, 0.25) is 0 Å². The van der Waals surface area contributed by atoms with Crippen LogP contribution in [-0.2, 0) is 5.41 Å². The van der Waals surface area contributed by atoms with E-state index in [0.29, 0.717) is 5.56 Å².